The van der Waals surface area contributed by atoms with Crippen LogP contribution < -0.4 is 9.47 Å². The van der Waals surface area contributed by atoms with E-state index in [0.717, 1.165) is 43.0 Å². The van der Waals surface area contributed by atoms with Crippen LogP contribution in [0.25, 0.3) is 0 Å². The fourth-order valence-corrected chi connectivity index (χ4v) is 3.95. The summed E-state index contributed by atoms with van der Waals surface area (Å²) in [6.45, 7) is 1.57. The van der Waals surface area contributed by atoms with Gasteiger partial charge in [0.2, 0.25) is 5.91 Å². The van der Waals surface area contributed by atoms with E-state index >= 15 is 0 Å². The number of amides is 1. The van der Waals surface area contributed by atoms with E-state index in [0.29, 0.717) is 12.3 Å². The largest absolute Gasteiger partial charge is 0.497 e. The molecule has 5 heteroatoms. The minimum absolute atomic E-state index is 0.241. The Balaban J connectivity index is 1.63. The molecule has 1 aromatic heterocycles. The first-order valence-corrected chi connectivity index (χ1v) is 9.16. The number of rotatable bonds is 6. The molecule has 4 nitrogen and oxygen atoms in total. The van der Waals surface area contributed by atoms with Crippen LogP contribution in [0.15, 0.2) is 35.0 Å². The van der Waals surface area contributed by atoms with Gasteiger partial charge in [-0.15, -0.1) is 0 Å². The number of benzene rings is 1. The number of thiophene rings is 1. The lowest BCUT2D eigenvalue weighted by molar-refractivity contribution is -0.130. The highest BCUT2D eigenvalue weighted by molar-refractivity contribution is 7.07. The van der Waals surface area contributed by atoms with Crippen molar-refractivity contribution in [3.8, 4) is 11.5 Å². The van der Waals surface area contributed by atoms with E-state index in [1.165, 1.54) is 5.56 Å². The van der Waals surface area contributed by atoms with E-state index in [1.54, 1.807) is 25.6 Å². The number of carbonyl (C=O) groups excluding carboxylic acids is 1. The molecule has 0 bridgehead atoms. The molecule has 1 saturated heterocycles. The minimum Gasteiger partial charge on any atom is -0.497 e. The van der Waals surface area contributed by atoms with Crippen LogP contribution in [0.3, 0.4) is 0 Å². The molecule has 128 valence electrons. The highest BCUT2D eigenvalue weighted by Gasteiger charge is 2.29. The molecular formula is C19H23NO3S. The van der Waals surface area contributed by atoms with Crippen molar-refractivity contribution in [1.82, 2.24) is 4.90 Å². The normalized spacial score (nSPS) is 17.1. The van der Waals surface area contributed by atoms with E-state index in [2.05, 4.69) is 16.8 Å². The lowest BCUT2D eigenvalue weighted by atomic mass is 9.97. The van der Waals surface area contributed by atoms with Gasteiger partial charge in [-0.3, -0.25) is 4.79 Å². The number of hydrogen-bond donors (Lipinski definition) is 0. The SMILES string of the molecule is COc1ccc(OC)c(C2CCN(C(=O)CCc3ccsc3)C2)c1. The molecule has 24 heavy (non-hydrogen) atoms. The number of nitrogens with zero attached hydrogens (tertiary/aromatic N) is 1. The summed E-state index contributed by atoms with van der Waals surface area (Å²) in [6, 6.07) is 7.96. The molecule has 1 amide bonds. The zero-order valence-corrected chi connectivity index (χ0v) is 15.0. The van der Waals surface area contributed by atoms with E-state index in [4.69, 9.17) is 9.47 Å². The van der Waals surface area contributed by atoms with Gasteiger partial charge in [0.25, 0.3) is 0 Å². The molecule has 0 radical (unpaired) electrons. The summed E-state index contributed by atoms with van der Waals surface area (Å²) in [6.07, 6.45) is 2.37. The maximum Gasteiger partial charge on any atom is 0.222 e. The van der Waals surface area contributed by atoms with Gasteiger partial charge in [-0.25, -0.2) is 0 Å². The molecule has 2 aromatic rings. The third-order valence-corrected chi connectivity index (χ3v) is 5.36. The number of methoxy groups -OCH3 is 2. The average Bonchev–Trinajstić information content (AvgIpc) is 3.30. The van der Waals surface area contributed by atoms with Crippen LogP contribution in [0.2, 0.25) is 0 Å². The van der Waals surface area contributed by atoms with E-state index in [9.17, 15) is 4.79 Å². The zero-order chi connectivity index (χ0) is 16.9. The van der Waals surface area contributed by atoms with Crippen LogP contribution >= 0.6 is 11.3 Å². The Hall–Kier alpha value is -2.01. The van der Waals surface area contributed by atoms with Crippen LogP contribution in [-0.4, -0.2) is 38.1 Å². The van der Waals surface area contributed by atoms with Gasteiger partial charge in [-0.2, -0.15) is 11.3 Å². The molecule has 1 aliphatic heterocycles. The van der Waals surface area contributed by atoms with Gasteiger partial charge in [-0.05, 0) is 53.4 Å². The summed E-state index contributed by atoms with van der Waals surface area (Å²) in [5, 5.41) is 4.17. The Morgan fingerprint density at radius 3 is 2.88 bits per heavy atom. The third kappa shape index (κ3) is 3.73. The first-order chi connectivity index (χ1) is 11.7. The van der Waals surface area contributed by atoms with Crippen LogP contribution in [0, 0.1) is 0 Å². The van der Waals surface area contributed by atoms with Crippen molar-refractivity contribution in [3.63, 3.8) is 0 Å². The predicted molar refractivity (Wildman–Crippen MR) is 96.1 cm³/mol. The van der Waals surface area contributed by atoms with Gasteiger partial charge >= 0.3 is 0 Å². The molecule has 1 aromatic carbocycles. The molecule has 1 aliphatic rings. The Labute approximate surface area is 147 Å². The summed E-state index contributed by atoms with van der Waals surface area (Å²) in [4.78, 5) is 14.5. The molecule has 0 N–H and O–H groups in total. The van der Waals surface area contributed by atoms with Crippen molar-refractivity contribution < 1.29 is 14.3 Å². The second-order valence-corrected chi connectivity index (χ2v) is 6.84. The molecule has 0 spiro atoms. The Bertz CT molecular complexity index is 684. The molecular weight excluding hydrogens is 322 g/mol. The Kier molecular flexibility index (Phi) is 5.41. The summed E-state index contributed by atoms with van der Waals surface area (Å²) < 4.78 is 10.8. The summed E-state index contributed by atoms with van der Waals surface area (Å²) in [5.41, 5.74) is 2.38. The first-order valence-electron chi connectivity index (χ1n) is 8.22. The molecule has 1 fully saturated rings. The van der Waals surface area contributed by atoms with Crippen LogP contribution in [0.1, 0.15) is 29.9 Å². The van der Waals surface area contributed by atoms with E-state index in [1.807, 2.05) is 23.1 Å². The van der Waals surface area contributed by atoms with Crippen molar-refractivity contribution in [2.45, 2.75) is 25.2 Å². The smallest absolute Gasteiger partial charge is 0.222 e. The topological polar surface area (TPSA) is 38.8 Å². The molecule has 2 heterocycles. The van der Waals surface area contributed by atoms with Crippen molar-refractivity contribution in [2.24, 2.45) is 0 Å². The fraction of sp³-hybridized carbons (Fsp3) is 0.421. The quantitative estimate of drug-likeness (QED) is 0.801. The average molecular weight is 345 g/mol. The second kappa shape index (κ2) is 7.71. The number of aryl methyl sites for hydroxylation is 1. The highest BCUT2D eigenvalue weighted by Crippen LogP contribution is 2.36. The van der Waals surface area contributed by atoms with Gasteiger partial charge in [0.1, 0.15) is 11.5 Å². The van der Waals surface area contributed by atoms with Crippen LogP contribution in [-0.2, 0) is 11.2 Å². The second-order valence-electron chi connectivity index (χ2n) is 6.06. The first kappa shape index (κ1) is 16.8. The van der Waals surface area contributed by atoms with Crippen molar-refractivity contribution in [3.05, 3.63) is 46.2 Å². The van der Waals surface area contributed by atoms with E-state index < -0.39 is 0 Å². The molecule has 1 unspecified atom stereocenters. The number of likely N-dealkylation sites (tertiary alicyclic amines) is 1. The van der Waals surface area contributed by atoms with Gasteiger partial charge in [0.05, 0.1) is 14.2 Å². The van der Waals surface area contributed by atoms with E-state index in [-0.39, 0.29) is 5.91 Å². The monoisotopic (exact) mass is 345 g/mol. The Morgan fingerprint density at radius 1 is 1.29 bits per heavy atom. The maximum atomic E-state index is 12.5. The van der Waals surface area contributed by atoms with Crippen LogP contribution in [0.5, 0.6) is 11.5 Å². The standard InChI is InChI=1S/C19H23NO3S/c1-22-16-4-5-18(23-2)17(11-16)15-7-9-20(12-15)19(21)6-3-14-8-10-24-13-14/h4-5,8,10-11,13,15H,3,6-7,9,12H2,1-2H3. The third-order valence-electron chi connectivity index (χ3n) is 4.63. The molecule has 1 atom stereocenters. The number of hydrogen-bond acceptors (Lipinski definition) is 4. The lowest BCUT2D eigenvalue weighted by Crippen LogP contribution is -2.28. The zero-order valence-electron chi connectivity index (χ0n) is 14.2. The predicted octanol–water partition coefficient (Wildman–Crippen LogP) is 3.71. The summed E-state index contributed by atoms with van der Waals surface area (Å²) >= 11 is 1.68. The lowest BCUT2D eigenvalue weighted by Gasteiger charge is -2.18. The number of carbonyl (C=O) groups is 1. The Morgan fingerprint density at radius 2 is 2.17 bits per heavy atom. The summed E-state index contributed by atoms with van der Waals surface area (Å²) in [7, 11) is 3.35. The van der Waals surface area contributed by atoms with Crippen molar-refractivity contribution >= 4 is 17.2 Å². The molecule has 0 aliphatic carbocycles. The fourth-order valence-electron chi connectivity index (χ4n) is 3.24. The molecule has 0 saturated carbocycles. The van der Waals surface area contributed by atoms with Crippen molar-refractivity contribution in [2.75, 3.05) is 27.3 Å². The molecule has 3 rings (SSSR count). The highest BCUT2D eigenvalue weighted by atomic mass is 32.1. The van der Waals surface area contributed by atoms with Crippen molar-refractivity contribution in [1.29, 1.82) is 0 Å². The van der Waals surface area contributed by atoms with Gasteiger partial charge in [0, 0.05) is 31.0 Å². The number of ether oxygens (including phenoxy) is 2. The maximum absolute atomic E-state index is 12.5. The summed E-state index contributed by atoms with van der Waals surface area (Å²) in [5.74, 6) is 2.24. The minimum atomic E-state index is 0.241. The van der Waals surface area contributed by atoms with Crippen LogP contribution in [0.4, 0.5) is 0 Å². The van der Waals surface area contributed by atoms with Gasteiger partial charge < -0.3 is 14.4 Å². The van der Waals surface area contributed by atoms with Gasteiger partial charge in [-0.1, -0.05) is 0 Å². The van der Waals surface area contributed by atoms with Gasteiger partial charge in [0.15, 0.2) is 0 Å².